The van der Waals surface area contributed by atoms with E-state index in [4.69, 9.17) is 10.2 Å². The first kappa shape index (κ1) is 12.3. The van der Waals surface area contributed by atoms with Crippen molar-refractivity contribution in [2.75, 3.05) is 0 Å². The molecule has 94 valence electrons. The molecule has 0 saturated heterocycles. The Labute approximate surface area is 121 Å². The molecule has 3 rings (SSSR count). The Morgan fingerprint density at radius 2 is 2.22 bits per heavy atom. The standard InChI is InChI=1S/C12H11Br2N3O/c13-7-4-10(18-11(7)14)12-16-5-6-8(15)2-1-3-9(6)17-12/h4-5,8H,1-3,15H2. The molecule has 0 spiro atoms. The van der Waals surface area contributed by atoms with Crippen LogP contribution in [0.5, 0.6) is 0 Å². The van der Waals surface area contributed by atoms with Gasteiger partial charge in [0.05, 0.1) is 4.47 Å². The van der Waals surface area contributed by atoms with Crippen molar-refractivity contribution in [3.63, 3.8) is 0 Å². The molecule has 0 bridgehead atoms. The fourth-order valence-electron chi connectivity index (χ4n) is 2.16. The monoisotopic (exact) mass is 371 g/mol. The summed E-state index contributed by atoms with van der Waals surface area (Å²) >= 11 is 6.69. The molecule has 0 amide bonds. The van der Waals surface area contributed by atoms with Gasteiger partial charge in [0.25, 0.3) is 0 Å². The fourth-order valence-corrected chi connectivity index (χ4v) is 2.73. The first-order valence-corrected chi connectivity index (χ1v) is 7.30. The minimum atomic E-state index is 0.0675. The normalized spacial score (nSPS) is 18.7. The average Bonchev–Trinajstić information content (AvgIpc) is 2.70. The van der Waals surface area contributed by atoms with Gasteiger partial charge in [0, 0.05) is 29.6 Å². The molecule has 0 fully saturated rings. The summed E-state index contributed by atoms with van der Waals surface area (Å²) in [6.07, 6.45) is 4.87. The Morgan fingerprint density at radius 3 is 2.94 bits per heavy atom. The van der Waals surface area contributed by atoms with Gasteiger partial charge in [-0.2, -0.15) is 0 Å². The molecule has 0 radical (unpaired) electrons. The molecule has 2 N–H and O–H groups in total. The minimum absolute atomic E-state index is 0.0675. The highest BCUT2D eigenvalue weighted by Gasteiger charge is 2.20. The van der Waals surface area contributed by atoms with Gasteiger partial charge in [-0.25, -0.2) is 9.97 Å². The van der Waals surface area contributed by atoms with Crippen LogP contribution in [-0.2, 0) is 6.42 Å². The van der Waals surface area contributed by atoms with Crippen LogP contribution in [0, 0.1) is 0 Å². The molecule has 18 heavy (non-hydrogen) atoms. The molecule has 2 heterocycles. The fraction of sp³-hybridized carbons (Fsp3) is 0.333. The summed E-state index contributed by atoms with van der Waals surface area (Å²) in [5.41, 5.74) is 8.15. The molecule has 0 aromatic carbocycles. The Hall–Kier alpha value is -0.720. The zero-order valence-corrected chi connectivity index (χ0v) is 12.7. The number of hydrogen-bond acceptors (Lipinski definition) is 4. The van der Waals surface area contributed by atoms with Gasteiger partial charge in [-0.05, 0) is 51.1 Å². The molecule has 4 nitrogen and oxygen atoms in total. The SMILES string of the molecule is NC1CCCc2nc(-c3cc(Br)c(Br)o3)ncc21. The molecule has 0 saturated carbocycles. The number of rotatable bonds is 1. The number of fused-ring (bicyclic) bond motifs is 1. The van der Waals surface area contributed by atoms with Crippen LogP contribution < -0.4 is 5.73 Å². The number of halogens is 2. The van der Waals surface area contributed by atoms with Gasteiger partial charge in [0.2, 0.25) is 0 Å². The van der Waals surface area contributed by atoms with Crippen molar-refractivity contribution >= 4 is 31.9 Å². The van der Waals surface area contributed by atoms with Gasteiger partial charge in [-0.15, -0.1) is 0 Å². The summed E-state index contributed by atoms with van der Waals surface area (Å²) < 4.78 is 7.04. The van der Waals surface area contributed by atoms with Crippen molar-refractivity contribution in [1.29, 1.82) is 0 Å². The van der Waals surface area contributed by atoms with Crippen molar-refractivity contribution < 1.29 is 4.42 Å². The molecular weight excluding hydrogens is 362 g/mol. The zero-order valence-electron chi connectivity index (χ0n) is 9.49. The van der Waals surface area contributed by atoms with Crippen molar-refractivity contribution in [3.05, 3.63) is 32.7 Å². The van der Waals surface area contributed by atoms with Crippen LogP contribution in [0.3, 0.4) is 0 Å². The Balaban J connectivity index is 2.04. The van der Waals surface area contributed by atoms with Crippen LogP contribution in [0.4, 0.5) is 0 Å². The van der Waals surface area contributed by atoms with Gasteiger partial charge >= 0.3 is 0 Å². The number of furan rings is 1. The number of hydrogen-bond donors (Lipinski definition) is 1. The third-order valence-corrected chi connectivity index (χ3v) is 4.80. The summed E-state index contributed by atoms with van der Waals surface area (Å²) in [6, 6.07) is 1.92. The molecule has 0 aliphatic heterocycles. The zero-order chi connectivity index (χ0) is 12.7. The van der Waals surface area contributed by atoms with Crippen LogP contribution in [0.15, 0.2) is 25.8 Å². The van der Waals surface area contributed by atoms with E-state index in [0.717, 1.165) is 35.0 Å². The molecule has 2 aromatic rings. The van der Waals surface area contributed by atoms with Gasteiger partial charge in [0.1, 0.15) is 0 Å². The summed E-state index contributed by atoms with van der Waals surface area (Å²) in [4.78, 5) is 8.90. The first-order chi connectivity index (χ1) is 8.65. The second-order valence-corrected chi connectivity index (χ2v) is 5.90. The number of nitrogens with zero attached hydrogens (tertiary/aromatic N) is 2. The minimum Gasteiger partial charge on any atom is -0.445 e. The third kappa shape index (κ3) is 2.13. The second-order valence-electron chi connectivity index (χ2n) is 4.33. The van der Waals surface area contributed by atoms with Crippen molar-refractivity contribution in [3.8, 4) is 11.6 Å². The summed E-state index contributed by atoms with van der Waals surface area (Å²) in [7, 11) is 0. The van der Waals surface area contributed by atoms with Crippen LogP contribution in [0.1, 0.15) is 30.1 Å². The number of nitrogens with two attached hydrogens (primary N) is 1. The lowest BCUT2D eigenvalue weighted by molar-refractivity contribution is 0.540. The predicted octanol–water partition coefficient (Wildman–Crippen LogP) is 3.60. The van der Waals surface area contributed by atoms with Crippen LogP contribution >= 0.6 is 31.9 Å². The summed E-state index contributed by atoms with van der Waals surface area (Å²) in [5, 5.41) is 0. The van der Waals surface area contributed by atoms with Gasteiger partial charge in [0.15, 0.2) is 16.3 Å². The lowest BCUT2D eigenvalue weighted by Crippen LogP contribution is -2.19. The maximum atomic E-state index is 6.04. The highest BCUT2D eigenvalue weighted by atomic mass is 79.9. The van der Waals surface area contributed by atoms with Crippen LogP contribution in [0.25, 0.3) is 11.6 Å². The molecule has 1 aliphatic carbocycles. The maximum absolute atomic E-state index is 6.04. The van der Waals surface area contributed by atoms with Gasteiger partial charge < -0.3 is 10.2 Å². The summed E-state index contributed by atoms with van der Waals surface area (Å²) in [6.45, 7) is 0. The molecule has 2 aromatic heterocycles. The van der Waals surface area contributed by atoms with E-state index in [2.05, 4.69) is 41.8 Å². The van der Waals surface area contributed by atoms with E-state index in [1.807, 2.05) is 12.3 Å². The van der Waals surface area contributed by atoms with Crippen molar-refractivity contribution in [2.45, 2.75) is 25.3 Å². The van der Waals surface area contributed by atoms with E-state index in [-0.39, 0.29) is 6.04 Å². The Kier molecular flexibility index (Phi) is 3.25. The predicted molar refractivity (Wildman–Crippen MR) is 75.0 cm³/mol. The molecular formula is C12H11Br2N3O. The summed E-state index contributed by atoms with van der Waals surface area (Å²) in [5.74, 6) is 1.25. The van der Waals surface area contributed by atoms with E-state index < -0.39 is 0 Å². The van der Waals surface area contributed by atoms with Crippen LogP contribution in [0.2, 0.25) is 0 Å². The maximum Gasteiger partial charge on any atom is 0.195 e. The van der Waals surface area contributed by atoms with Gasteiger partial charge in [-0.1, -0.05) is 0 Å². The number of aromatic nitrogens is 2. The topological polar surface area (TPSA) is 64.9 Å². The lowest BCUT2D eigenvalue weighted by atomic mass is 9.93. The van der Waals surface area contributed by atoms with E-state index in [9.17, 15) is 0 Å². The quantitative estimate of drug-likeness (QED) is 0.830. The van der Waals surface area contributed by atoms with E-state index >= 15 is 0 Å². The first-order valence-electron chi connectivity index (χ1n) is 5.72. The Bertz CT molecular complexity index is 578. The number of aryl methyl sites for hydroxylation is 1. The van der Waals surface area contributed by atoms with E-state index in [0.29, 0.717) is 16.3 Å². The van der Waals surface area contributed by atoms with E-state index in [1.165, 1.54) is 0 Å². The lowest BCUT2D eigenvalue weighted by Gasteiger charge is -2.20. The molecule has 1 aliphatic rings. The molecule has 1 unspecified atom stereocenters. The highest BCUT2D eigenvalue weighted by molar-refractivity contribution is 9.13. The smallest absolute Gasteiger partial charge is 0.195 e. The third-order valence-electron chi connectivity index (χ3n) is 3.09. The highest BCUT2D eigenvalue weighted by Crippen LogP contribution is 2.33. The molecule has 6 heteroatoms. The largest absolute Gasteiger partial charge is 0.445 e. The van der Waals surface area contributed by atoms with Crippen molar-refractivity contribution in [2.24, 2.45) is 5.73 Å². The average molecular weight is 373 g/mol. The van der Waals surface area contributed by atoms with Gasteiger partial charge in [-0.3, -0.25) is 0 Å². The molecule has 1 atom stereocenters. The second kappa shape index (κ2) is 4.75. The van der Waals surface area contributed by atoms with Crippen LogP contribution in [-0.4, -0.2) is 9.97 Å². The van der Waals surface area contributed by atoms with Crippen molar-refractivity contribution in [1.82, 2.24) is 9.97 Å². The van der Waals surface area contributed by atoms with E-state index in [1.54, 1.807) is 0 Å². The Morgan fingerprint density at radius 1 is 1.39 bits per heavy atom.